The van der Waals surface area contributed by atoms with Gasteiger partial charge in [0.05, 0.1) is 12.5 Å². The van der Waals surface area contributed by atoms with Crippen LogP contribution in [0.1, 0.15) is 6.42 Å². The maximum Gasteiger partial charge on any atom is 0.309 e. The Bertz CT molecular complexity index is 177. The summed E-state index contributed by atoms with van der Waals surface area (Å²) in [6, 6.07) is 0. The second-order valence-electron chi connectivity index (χ2n) is 2.45. The van der Waals surface area contributed by atoms with Crippen LogP contribution in [0.15, 0.2) is 12.7 Å². The number of hydrogen-bond donors (Lipinski definition) is 2. The van der Waals surface area contributed by atoms with Gasteiger partial charge in [0.2, 0.25) is 0 Å². The molecule has 0 aromatic rings. The van der Waals surface area contributed by atoms with E-state index in [2.05, 4.69) is 11.3 Å². The summed E-state index contributed by atoms with van der Waals surface area (Å²) in [4.78, 5) is 10.6. The Morgan fingerprint density at radius 1 is 1.64 bits per heavy atom. The molecule has 0 saturated carbocycles. The number of carbonyl (C=O) groups is 1. The molecule has 62 valence electrons. The van der Waals surface area contributed by atoms with Crippen LogP contribution in [-0.2, 0) is 9.53 Å². The lowest BCUT2D eigenvalue weighted by Gasteiger charge is -2.28. The minimum Gasteiger partial charge on any atom is -0.455 e. The fraction of sp³-hybridized carbons (Fsp3) is 0.571. The molecule has 4 heteroatoms. The Morgan fingerprint density at radius 3 is 2.82 bits per heavy atom. The monoisotopic (exact) mass is 158 g/mol. The molecule has 0 aromatic carbocycles. The maximum absolute atomic E-state index is 10.6. The fourth-order valence-electron chi connectivity index (χ4n) is 0.968. The van der Waals surface area contributed by atoms with Crippen molar-refractivity contribution in [3.05, 3.63) is 12.7 Å². The van der Waals surface area contributed by atoms with Gasteiger partial charge in [-0.1, -0.05) is 6.58 Å². The van der Waals surface area contributed by atoms with Crippen LogP contribution in [0.5, 0.6) is 0 Å². The number of esters is 1. The van der Waals surface area contributed by atoms with E-state index < -0.39 is 24.3 Å². The van der Waals surface area contributed by atoms with Gasteiger partial charge in [-0.15, -0.1) is 0 Å². The quantitative estimate of drug-likeness (QED) is 0.387. The summed E-state index contributed by atoms with van der Waals surface area (Å²) in [6.07, 6.45) is -1.69. The molecule has 11 heavy (non-hydrogen) atoms. The van der Waals surface area contributed by atoms with Crippen LogP contribution in [0.4, 0.5) is 0 Å². The van der Waals surface area contributed by atoms with Gasteiger partial charge in [-0.05, 0) is 6.08 Å². The van der Waals surface area contributed by atoms with Gasteiger partial charge >= 0.3 is 5.97 Å². The van der Waals surface area contributed by atoms with Crippen LogP contribution < -0.4 is 0 Å². The Hall–Kier alpha value is -0.870. The zero-order chi connectivity index (χ0) is 8.43. The van der Waals surface area contributed by atoms with Gasteiger partial charge in [0.1, 0.15) is 12.2 Å². The lowest BCUT2D eigenvalue weighted by atomic mass is 10.0. The Labute approximate surface area is 64.1 Å². The lowest BCUT2D eigenvalue weighted by Crippen LogP contribution is -2.45. The number of ether oxygens (including phenoxy) is 1. The summed E-state index contributed by atoms with van der Waals surface area (Å²) in [5.74, 6) is -0.507. The van der Waals surface area contributed by atoms with Crippen LogP contribution in [0.25, 0.3) is 0 Å². The molecular weight excluding hydrogens is 148 g/mol. The largest absolute Gasteiger partial charge is 0.455 e. The first-order valence-electron chi connectivity index (χ1n) is 3.33. The minimum absolute atomic E-state index is 0.147. The first-order valence-corrected chi connectivity index (χ1v) is 3.33. The summed E-state index contributed by atoms with van der Waals surface area (Å²) < 4.78 is 4.65. The number of aliphatic hydroxyl groups excluding tert-OH is 2. The molecule has 0 aromatic heterocycles. The highest BCUT2D eigenvalue weighted by molar-refractivity contribution is 5.71. The summed E-state index contributed by atoms with van der Waals surface area (Å²) in [5, 5.41) is 18.2. The molecule has 0 spiro atoms. The predicted molar refractivity (Wildman–Crippen MR) is 36.7 cm³/mol. The molecule has 0 aliphatic carbocycles. The first-order chi connectivity index (χ1) is 5.15. The molecule has 1 saturated heterocycles. The Kier molecular flexibility index (Phi) is 2.26. The van der Waals surface area contributed by atoms with Crippen molar-refractivity contribution in [2.24, 2.45) is 0 Å². The first kappa shape index (κ1) is 8.23. The molecule has 1 unspecified atom stereocenters. The van der Waals surface area contributed by atoms with Crippen LogP contribution in [0.3, 0.4) is 0 Å². The van der Waals surface area contributed by atoms with E-state index >= 15 is 0 Å². The van der Waals surface area contributed by atoms with Crippen LogP contribution in [0.2, 0.25) is 0 Å². The van der Waals surface area contributed by atoms with Crippen LogP contribution in [-0.4, -0.2) is 34.5 Å². The number of rotatable bonds is 1. The van der Waals surface area contributed by atoms with E-state index in [1.165, 1.54) is 6.08 Å². The van der Waals surface area contributed by atoms with Crippen molar-refractivity contribution in [1.29, 1.82) is 0 Å². The smallest absolute Gasteiger partial charge is 0.309 e. The molecule has 1 rings (SSSR count). The molecule has 4 nitrogen and oxygen atoms in total. The third-order valence-electron chi connectivity index (χ3n) is 1.61. The van der Waals surface area contributed by atoms with Crippen LogP contribution >= 0.6 is 0 Å². The normalized spacial score (nSPS) is 38.0. The second kappa shape index (κ2) is 3.02. The highest BCUT2D eigenvalue weighted by atomic mass is 16.6. The van der Waals surface area contributed by atoms with Gasteiger partial charge in [0, 0.05) is 0 Å². The SMILES string of the molecule is C=C[C@@H]1OC(=O)C[C@@H](O)C1O. The van der Waals surface area contributed by atoms with Crippen molar-refractivity contribution in [1.82, 2.24) is 0 Å². The summed E-state index contributed by atoms with van der Waals surface area (Å²) >= 11 is 0. The standard InChI is InChI=1S/C7H10O4/c1-2-5-7(10)4(8)3-6(9)11-5/h2,4-5,7-8,10H,1,3H2/t4-,5+,7?/m1/s1. The zero-order valence-corrected chi connectivity index (χ0v) is 5.93. The molecule has 0 radical (unpaired) electrons. The Balaban J connectivity index is 2.65. The highest BCUT2D eigenvalue weighted by Gasteiger charge is 2.34. The molecule has 1 aliphatic rings. The van der Waals surface area contributed by atoms with E-state index in [0.717, 1.165) is 0 Å². The second-order valence-corrected chi connectivity index (χ2v) is 2.45. The Morgan fingerprint density at radius 2 is 2.27 bits per heavy atom. The van der Waals surface area contributed by atoms with Gasteiger partial charge in [0.25, 0.3) is 0 Å². The molecule has 3 atom stereocenters. The molecule has 0 bridgehead atoms. The van der Waals surface area contributed by atoms with E-state index in [1.54, 1.807) is 0 Å². The van der Waals surface area contributed by atoms with Crippen molar-refractivity contribution in [2.45, 2.75) is 24.7 Å². The fourth-order valence-corrected chi connectivity index (χ4v) is 0.968. The third-order valence-corrected chi connectivity index (χ3v) is 1.61. The van der Waals surface area contributed by atoms with Gasteiger partial charge in [0.15, 0.2) is 0 Å². The van der Waals surface area contributed by atoms with Crippen molar-refractivity contribution < 1.29 is 19.7 Å². The van der Waals surface area contributed by atoms with E-state index in [9.17, 15) is 4.79 Å². The molecule has 0 amide bonds. The minimum atomic E-state index is -1.04. The van der Waals surface area contributed by atoms with E-state index in [-0.39, 0.29) is 6.42 Å². The lowest BCUT2D eigenvalue weighted by molar-refractivity contribution is -0.171. The van der Waals surface area contributed by atoms with E-state index in [1.807, 2.05) is 0 Å². The van der Waals surface area contributed by atoms with Crippen molar-refractivity contribution in [2.75, 3.05) is 0 Å². The topological polar surface area (TPSA) is 66.8 Å². The van der Waals surface area contributed by atoms with Crippen LogP contribution in [0, 0.1) is 0 Å². The van der Waals surface area contributed by atoms with E-state index in [0.29, 0.717) is 0 Å². The molecule has 1 heterocycles. The van der Waals surface area contributed by atoms with Gasteiger partial charge in [-0.2, -0.15) is 0 Å². The number of cyclic esters (lactones) is 1. The molecule has 1 fully saturated rings. The number of carbonyl (C=O) groups excluding carboxylic acids is 1. The van der Waals surface area contributed by atoms with Gasteiger partial charge in [-0.3, -0.25) is 4.79 Å². The number of hydrogen-bond acceptors (Lipinski definition) is 4. The van der Waals surface area contributed by atoms with Crippen molar-refractivity contribution in [3.63, 3.8) is 0 Å². The molecule has 2 N–H and O–H groups in total. The molecular formula is C7H10O4. The average Bonchev–Trinajstić information content (AvgIpc) is 1.96. The third kappa shape index (κ3) is 1.58. The average molecular weight is 158 g/mol. The highest BCUT2D eigenvalue weighted by Crippen LogP contribution is 2.16. The maximum atomic E-state index is 10.6. The van der Waals surface area contributed by atoms with Crippen molar-refractivity contribution in [3.8, 4) is 0 Å². The van der Waals surface area contributed by atoms with Gasteiger partial charge < -0.3 is 14.9 Å². The number of aliphatic hydroxyl groups is 2. The van der Waals surface area contributed by atoms with E-state index in [4.69, 9.17) is 10.2 Å². The zero-order valence-electron chi connectivity index (χ0n) is 5.93. The summed E-state index contributed by atoms with van der Waals surface area (Å²) in [6.45, 7) is 3.36. The predicted octanol–water partition coefficient (Wildman–Crippen LogP) is -0.790. The van der Waals surface area contributed by atoms with Crippen molar-refractivity contribution >= 4 is 5.97 Å². The summed E-state index contributed by atoms with van der Waals surface area (Å²) in [7, 11) is 0. The molecule has 1 aliphatic heterocycles. The summed E-state index contributed by atoms with van der Waals surface area (Å²) in [5.41, 5.74) is 0. The van der Waals surface area contributed by atoms with Gasteiger partial charge in [-0.25, -0.2) is 0 Å².